The number of para-hydroxylation sites is 1. The quantitative estimate of drug-likeness (QED) is 0.184. The highest BCUT2D eigenvalue weighted by Crippen LogP contribution is 2.36. The monoisotopic (exact) mass is 594 g/mol. The summed E-state index contributed by atoms with van der Waals surface area (Å²) in [5.74, 6) is 1.55. The highest BCUT2D eigenvalue weighted by molar-refractivity contribution is 6.09. The minimum atomic E-state index is -0.333. The fourth-order valence-electron chi connectivity index (χ4n) is 6.05. The van der Waals surface area contributed by atoms with Crippen LogP contribution in [-0.4, -0.2) is 19.3 Å². The molecule has 7 rings (SSSR count). The van der Waals surface area contributed by atoms with E-state index in [4.69, 9.17) is 9.84 Å². The van der Waals surface area contributed by atoms with Crippen LogP contribution >= 0.6 is 0 Å². The van der Waals surface area contributed by atoms with Crippen molar-refractivity contribution < 1.29 is 9.13 Å². The van der Waals surface area contributed by atoms with Crippen LogP contribution in [0.4, 0.5) is 4.39 Å². The fourth-order valence-corrected chi connectivity index (χ4v) is 6.05. The fraction of sp³-hybridized carbons (Fsp3) is 0.179. The summed E-state index contributed by atoms with van der Waals surface area (Å²) >= 11 is 0. The second-order valence-electron chi connectivity index (χ2n) is 12.8. The SMILES string of the molecule is Cc1cccc(CCC(C)(C)C)c1-c1cnn(-c2cccc(Oc3ccc4c5ccccc5n(-c5cc(F)ccn5)c4c3)c2)c1. The lowest BCUT2D eigenvalue weighted by atomic mass is 9.86. The summed E-state index contributed by atoms with van der Waals surface area (Å²) in [6, 6.07) is 31.4. The number of aromatic nitrogens is 4. The molecule has 0 saturated carbocycles. The van der Waals surface area contributed by atoms with Crippen LogP contribution in [0, 0.1) is 18.2 Å². The van der Waals surface area contributed by atoms with E-state index >= 15 is 0 Å². The van der Waals surface area contributed by atoms with Crippen LogP contribution in [-0.2, 0) is 6.42 Å². The molecule has 3 aromatic heterocycles. The number of benzene rings is 4. The third-order valence-corrected chi connectivity index (χ3v) is 8.27. The van der Waals surface area contributed by atoms with E-state index < -0.39 is 0 Å². The Morgan fingerprint density at radius 1 is 0.800 bits per heavy atom. The number of rotatable bonds is 7. The first-order valence-corrected chi connectivity index (χ1v) is 15.3. The molecule has 224 valence electrons. The Labute approximate surface area is 262 Å². The van der Waals surface area contributed by atoms with Gasteiger partial charge in [0.05, 0.1) is 22.9 Å². The van der Waals surface area contributed by atoms with Crippen LogP contribution in [0.1, 0.15) is 38.3 Å². The molecular formula is C39H35FN4O. The average molecular weight is 595 g/mol. The van der Waals surface area contributed by atoms with E-state index in [1.54, 1.807) is 0 Å². The van der Waals surface area contributed by atoms with Gasteiger partial charge in [-0.15, -0.1) is 0 Å². The third-order valence-electron chi connectivity index (χ3n) is 8.27. The summed E-state index contributed by atoms with van der Waals surface area (Å²) < 4.78 is 24.5. The van der Waals surface area contributed by atoms with Crippen molar-refractivity contribution in [3.8, 4) is 34.1 Å². The molecule has 0 aliphatic heterocycles. The van der Waals surface area contributed by atoms with Gasteiger partial charge in [-0.1, -0.05) is 63.2 Å². The summed E-state index contributed by atoms with van der Waals surface area (Å²) in [5.41, 5.74) is 7.98. The van der Waals surface area contributed by atoms with Crippen LogP contribution in [0.15, 0.2) is 116 Å². The van der Waals surface area contributed by atoms with Crippen molar-refractivity contribution in [2.24, 2.45) is 5.41 Å². The standard InChI is InChI=1S/C39H35FN4O/c1-26-9-7-10-27(17-19-39(2,3)4)38(26)28-24-42-43(25-28)30-11-8-12-31(22-30)45-32-15-16-34-33-13-5-6-14-35(33)44(36(34)23-32)37-21-29(40)18-20-41-37/h5-16,18,20-25H,17,19H2,1-4H3. The Morgan fingerprint density at radius 3 is 2.44 bits per heavy atom. The molecule has 0 unspecified atom stereocenters. The van der Waals surface area contributed by atoms with E-state index in [0.717, 1.165) is 45.9 Å². The Balaban J connectivity index is 1.21. The van der Waals surface area contributed by atoms with Crippen molar-refractivity contribution in [2.45, 2.75) is 40.5 Å². The van der Waals surface area contributed by atoms with Gasteiger partial charge in [-0.2, -0.15) is 5.10 Å². The number of aryl methyl sites for hydroxylation is 2. The number of hydrogen-bond acceptors (Lipinski definition) is 3. The lowest BCUT2D eigenvalue weighted by molar-refractivity contribution is 0.378. The maximum absolute atomic E-state index is 14.2. The average Bonchev–Trinajstić information content (AvgIpc) is 3.63. The van der Waals surface area contributed by atoms with E-state index in [1.165, 1.54) is 35.0 Å². The number of fused-ring (bicyclic) bond motifs is 3. The molecular weight excluding hydrogens is 559 g/mol. The normalized spacial score (nSPS) is 11.8. The van der Waals surface area contributed by atoms with Crippen LogP contribution in [0.5, 0.6) is 11.5 Å². The van der Waals surface area contributed by atoms with Gasteiger partial charge in [-0.05, 0) is 78.3 Å². The van der Waals surface area contributed by atoms with Gasteiger partial charge in [0.2, 0.25) is 0 Å². The van der Waals surface area contributed by atoms with Gasteiger partial charge in [0.1, 0.15) is 23.1 Å². The first kappa shape index (κ1) is 28.5. The maximum Gasteiger partial charge on any atom is 0.140 e. The molecule has 0 aliphatic rings. The molecule has 45 heavy (non-hydrogen) atoms. The van der Waals surface area contributed by atoms with Gasteiger partial charge in [-0.3, -0.25) is 4.57 Å². The zero-order valence-corrected chi connectivity index (χ0v) is 26.0. The Bertz CT molecular complexity index is 2170. The zero-order valence-electron chi connectivity index (χ0n) is 26.0. The van der Waals surface area contributed by atoms with Gasteiger partial charge >= 0.3 is 0 Å². The summed E-state index contributed by atoms with van der Waals surface area (Å²) in [6.07, 6.45) is 7.67. The van der Waals surface area contributed by atoms with E-state index in [0.29, 0.717) is 17.3 Å². The molecule has 0 bridgehead atoms. The molecule has 0 radical (unpaired) electrons. The summed E-state index contributed by atoms with van der Waals surface area (Å²) in [6.45, 7) is 9.03. The van der Waals surface area contributed by atoms with E-state index in [2.05, 4.69) is 63.1 Å². The number of halogens is 1. The van der Waals surface area contributed by atoms with Crippen molar-refractivity contribution in [1.29, 1.82) is 0 Å². The largest absolute Gasteiger partial charge is 0.457 e. The van der Waals surface area contributed by atoms with Crippen LogP contribution < -0.4 is 4.74 Å². The lowest BCUT2D eigenvalue weighted by Crippen LogP contribution is -2.07. The number of ether oxygens (including phenoxy) is 1. The minimum Gasteiger partial charge on any atom is -0.457 e. The Kier molecular flexibility index (Phi) is 7.20. The molecule has 0 fully saturated rings. The van der Waals surface area contributed by atoms with E-state index in [9.17, 15) is 4.39 Å². The molecule has 0 N–H and O–H groups in total. The number of nitrogens with zero attached hydrogens (tertiary/aromatic N) is 4. The predicted molar refractivity (Wildman–Crippen MR) is 180 cm³/mol. The summed E-state index contributed by atoms with van der Waals surface area (Å²) in [4.78, 5) is 4.47. The first-order valence-electron chi connectivity index (χ1n) is 15.3. The summed E-state index contributed by atoms with van der Waals surface area (Å²) in [7, 11) is 0. The van der Waals surface area contributed by atoms with Crippen molar-refractivity contribution in [2.75, 3.05) is 0 Å². The van der Waals surface area contributed by atoms with Crippen molar-refractivity contribution in [1.82, 2.24) is 19.3 Å². The smallest absolute Gasteiger partial charge is 0.140 e. The highest BCUT2D eigenvalue weighted by atomic mass is 19.1. The van der Waals surface area contributed by atoms with Gasteiger partial charge in [0.15, 0.2) is 0 Å². The molecule has 3 heterocycles. The van der Waals surface area contributed by atoms with Crippen molar-refractivity contribution in [3.05, 3.63) is 133 Å². The Morgan fingerprint density at radius 2 is 1.60 bits per heavy atom. The first-order chi connectivity index (χ1) is 21.7. The highest BCUT2D eigenvalue weighted by Gasteiger charge is 2.17. The molecule has 0 atom stereocenters. The molecule has 0 amide bonds. The van der Waals surface area contributed by atoms with Gasteiger partial charge < -0.3 is 4.74 Å². The van der Waals surface area contributed by atoms with Crippen molar-refractivity contribution in [3.63, 3.8) is 0 Å². The predicted octanol–water partition coefficient (Wildman–Crippen LogP) is 10.2. The summed E-state index contributed by atoms with van der Waals surface area (Å²) in [5, 5.41) is 6.85. The van der Waals surface area contributed by atoms with Crippen molar-refractivity contribution >= 4 is 21.8 Å². The maximum atomic E-state index is 14.2. The van der Waals surface area contributed by atoms with Crippen LogP contribution in [0.2, 0.25) is 0 Å². The van der Waals surface area contributed by atoms with Gasteiger partial charge in [0, 0.05) is 46.9 Å². The molecule has 4 aromatic carbocycles. The number of hydrogen-bond donors (Lipinski definition) is 0. The Hall–Kier alpha value is -5.23. The minimum absolute atomic E-state index is 0.267. The van der Waals surface area contributed by atoms with E-state index in [1.807, 2.05) is 76.1 Å². The lowest BCUT2D eigenvalue weighted by Gasteiger charge is -2.19. The topological polar surface area (TPSA) is 44.9 Å². The van der Waals surface area contributed by atoms with Gasteiger partial charge in [-0.25, -0.2) is 14.1 Å². The molecule has 6 heteroatoms. The second kappa shape index (κ2) is 11.4. The molecule has 5 nitrogen and oxygen atoms in total. The zero-order chi connectivity index (χ0) is 31.1. The van der Waals surface area contributed by atoms with E-state index in [-0.39, 0.29) is 11.2 Å². The van der Waals surface area contributed by atoms with Gasteiger partial charge in [0.25, 0.3) is 0 Å². The molecule has 0 spiro atoms. The molecule has 0 aliphatic carbocycles. The van der Waals surface area contributed by atoms with Crippen LogP contribution in [0.25, 0.3) is 44.4 Å². The second-order valence-corrected chi connectivity index (χ2v) is 12.8. The van der Waals surface area contributed by atoms with Crippen LogP contribution in [0.3, 0.4) is 0 Å². The molecule has 7 aromatic rings. The number of pyridine rings is 1. The third kappa shape index (κ3) is 5.72. The molecule has 0 saturated heterocycles.